The summed E-state index contributed by atoms with van der Waals surface area (Å²) in [6, 6.07) is 0. The summed E-state index contributed by atoms with van der Waals surface area (Å²) in [6.45, 7) is 4.13. The van der Waals surface area contributed by atoms with Crippen molar-refractivity contribution >= 4 is 0 Å². The van der Waals surface area contributed by atoms with Crippen molar-refractivity contribution in [1.29, 1.82) is 0 Å². The fraction of sp³-hybridized carbons (Fsp3) is 1.00. The van der Waals surface area contributed by atoms with Crippen LogP contribution in [0.2, 0.25) is 0 Å². The van der Waals surface area contributed by atoms with Crippen LogP contribution in [0.4, 0.5) is 13.2 Å². The Hall–Kier alpha value is -0.290. The van der Waals surface area contributed by atoms with E-state index in [1.54, 1.807) is 0 Å². The molecule has 2 nitrogen and oxygen atoms in total. The fourth-order valence-electron chi connectivity index (χ4n) is 4.05. The van der Waals surface area contributed by atoms with Gasteiger partial charge in [0.2, 0.25) is 0 Å². The van der Waals surface area contributed by atoms with Crippen LogP contribution in [0.1, 0.15) is 44.9 Å². The lowest BCUT2D eigenvalue weighted by Crippen LogP contribution is -2.44. The summed E-state index contributed by atoms with van der Waals surface area (Å²) in [6.07, 6.45) is 1.56. The Morgan fingerprint density at radius 3 is 2.38 bits per heavy atom. The average Bonchev–Trinajstić information content (AvgIpc) is 2.40. The minimum absolute atomic E-state index is 0.0174. The minimum Gasteiger partial charge on any atom is -0.309 e. The summed E-state index contributed by atoms with van der Waals surface area (Å²) in [4.78, 5) is 4.62. The number of likely N-dealkylation sites (tertiary alicyclic amines) is 1. The lowest BCUT2D eigenvalue weighted by Gasteiger charge is -2.47. The Kier molecular flexibility index (Phi) is 5.58. The van der Waals surface area contributed by atoms with Gasteiger partial charge in [-0.15, -0.1) is 0 Å². The summed E-state index contributed by atoms with van der Waals surface area (Å²) in [5.74, 6) is -1.05. The second kappa shape index (κ2) is 6.86. The maximum Gasteiger partial charge on any atom is 0.391 e. The van der Waals surface area contributed by atoms with Crippen LogP contribution in [0.5, 0.6) is 0 Å². The zero-order valence-electron chi connectivity index (χ0n) is 13.4. The highest BCUT2D eigenvalue weighted by molar-refractivity contribution is 4.92. The van der Waals surface area contributed by atoms with Gasteiger partial charge in [-0.2, -0.15) is 13.2 Å². The van der Waals surface area contributed by atoms with E-state index in [4.69, 9.17) is 0 Å². The van der Waals surface area contributed by atoms with Gasteiger partial charge in [0.25, 0.3) is 0 Å². The van der Waals surface area contributed by atoms with Gasteiger partial charge in [0.15, 0.2) is 0 Å². The molecule has 21 heavy (non-hydrogen) atoms. The van der Waals surface area contributed by atoms with E-state index >= 15 is 0 Å². The van der Waals surface area contributed by atoms with Crippen molar-refractivity contribution in [2.45, 2.75) is 51.1 Å². The first-order chi connectivity index (χ1) is 9.81. The van der Waals surface area contributed by atoms with Gasteiger partial charge in [0, 0.05) is 0 Å². The van der Waals surface area contributed by atoms with E-state index in [2.05, 4.69) is 23.9 Å². The van der Waals surface area contributed by atoms with Crippen LogP contribution in [0.25, 0.3) is 0 Å². The molecule has 1 aliphatic carbocycles. The number of nitrogens with zero attached hydrogens (tertiary/aromatic N) is 2. The Balaban J connectivity index is 1.79. The molecule has 1 heterocycles. The van der Waals surface area contributed by atoms with Crippen molar-refractivity contribution in [1.82, 2.24) is 9.80 Å². The smallest absolute Gasteiger partial charge is 0.309 e. The van der Waals surface area contributed by atoms with E-state index in [1.165, 1.54) is 0 Å². The van der Waals surface area contributed by atoms with Crippen molar-refractivity contribution in [3.8, 4) is 0 Å². The van der Waals surface area contributed by atoms with E-state index in [0.717, 1.165) is 58.3 Å². The Labute approximate surface area is 126 Å². The second-order valence-corrected chi connectivity index (χ2v) is 7.33. The maximum atomic E-state index is 13.0. The van der Waals surface area contributed by atoms with E-state index < -0.39 is 12.1 Å². The van der Waals surface area contributed by atoms with Crippen LogP contribution in [0.15, 0.2) is 0 Å². The van der Waals surface area contributed by atoms with Gasteiger partial charge in [0.1, 0.15) is 0 Å². The van der Waals surface area contributed by atoms with Gasteiger partial charge in [-0.3, -0.25) is 0 Å². The first-order valence-electron chi connectivity index (χ1n) is 8.25. The molecule has 0 radical (unpaired) electrons. The Morgan fingerprint density at radius 1 is 1.14 bits per heavy atom. The molecule has 0 aromatic rings. The van der Waals surface area contributed by atoms with Gasteiger partial charge >= 0.3 is 6.18 Å². The van der Waals surface area contributed by atoms with Gasteiger partial charge in [0.05, 0.1) is 5.92 Å². The number of halogens is 3. The highest BCUT2D eigenvalue weighted by Crippen LogP contribution is 2.50. The van der Waals surface area contributed by atoms with Crippen LogP contribution in [-0.2, 0) is 0 Å². The van der Waals surface area contributed by atoms with Crippen LogP contribution in [0, 0.1) is 11.3 Å². The normalized spacial score (nSPS) is 27.4. The maximum absolute atomic E-state index is 13.0. The molecule has 0 unspecified atom stereocenters. The van der Waals surface area contributed by atoms with Crippen molar-refractivity contribution in [3.05, 3.63) is 0 Å². The Bertz CT molecular complexity index is 320. The van der Waals surface area contributed by atoms with Crippen molar-refractivity contribution in [2.24, 2.45) is 11.3 Å². The number of rotatable bonds is 4. The molecule has 0 aromatic heterocycles. The zero-order chi connectivity index (χ0) is 15.5. The predicted molar refractivity (Wildman–Crippen MR) is 79.3 cm³/mol. The van der Waals surface area contributed by atoms with Crippen molar-refractivity contribution < 1.29 is 13.2 Å². The first-order valence-corrected chi connectivity index (χ1v) is 8.25. The minimum atomic E-state index is -3.99. The largest absolute Gasteiger partial charge is 0.391 e. The predicted octanol–water partition coefficient (Wildman–Crippen LogP) is 3.77. The van der Waals surface area contributed by atoms with Gasteiger partial charge in [-0.25, -0.2) is 0 Å². The van der Waals surface area contributed by atoms with Crippen LogP contribution < -0.4 is 0 Å². The molecule has 2 rings (SSSR count). The summed E-state index contributed by atoms with van der Waals surface area (Å²) < 4.78 is 38.9. The van der Waals surface area contributed by atoms with Crippen molar-refractivity contribution in [3.63, 3.8) is 0 Å². The third-order valence-electron chi connectivity index (χ3n) is 5.40. The lowest BCUT2D eigenvalue weighted by molar-refractivity contribution is -0.194. The van der Waals surface area contributed by atoms with Crippen molar-refractivity contribution in [2.75, 3.05) is 40.3 Å². The molecule has 0 N–H and O–H groups in total. The third-order valence-corrected chi connectivity index (χ3v) is 5.40. The summed E-state index contributed by atoms with van der Waals surface area (Å²) in [5.41, 5.74) is -0.0174. The quantitative estimate of drug-likeness (QED) is 0.780. The summed E-state index contributed by atoms with van der Waals surface area (Å²) in [5, 5.41) is 0. The molecule has 2 aliphatic rings. The molecule has 0 bridgehead atoms. The van der Waals surface area contributed by atoms with Gasteiger partial charge in [-0.05, 0) is 84.2 Å². The fourth-order valence-corrected chi connectivity index (χ4v) is 4.05. The summed E-state index contributed by atoms with van der Waals surface area (Å²) in [7, 11) is 4.15. The van der Waals surface area contributed by atoms with E-state index in [0.29, 0.717) is 12.8 Å². The van der Waals surface area contributed by atoms with E-state index in [1.807, 2.05) is 0 Å². The number of hydrogen-bond acceptors (Lipinski definition) is 2. The molecule has 0 amide bonds. The number of alkyl halides is 3. The van der Waals surface area contributed by atoms with Crippen LogP contribution in [0.3, 0.4) is 0 Å². The molecular weight excluding hydrogens is 277 g/mol. The lowest BCUT2D eigenvalue weighted by atomic mass is 9.64. The van der Waals surface area contributed by atoms with Crippen LogP contribution >= 0.6 is 0 Å². The van der Waals surface area contributed by atoms with E-state index in [-0.39, 0.29) is 5.41 Å². The number of hydrogen-bond donors (Lipinski definition) is 0. The highest BCUT2D eigenvalue weighted by atomic mass is 19.4. The Morgan fingerprint density at radius 2 is 1.81 bits per heavy atom. The summed E-state index contributed by atoms with van der Waals surface area (Å²) >= 11 is 0. The molecule has 1 saturated carbocycles. The standard InChI is InChI=1S/C16H29F3N2/c1-20(2)9-4-10-21-11-7-15(8-12-21)6-3-5-14(13-15)16(17,18)19/h14H,3-13H2,1-2H3/t14-/m1/s1. The molecule has 1 saturated heterocycles. The zero-order valence-corrected chi connectivity index (χ0v) is 13.4. The van der Waals surface area contributed by atoms with Gasteiger partial charge < -0.3 is 9.80 Å². The molecular formula is C16H29F3N2. The molecule has 1 spiro atoms. The highest BCUT2D eigenvalue weighted by Gasteiger charge is 2.48. The third kappa shape index (κ3) is 4.85. The number of piperidine rings is 1. The monoisotopic (exact) mass is 306 g/mol. The molecule has 1 aliphatic heterocycles. The van der Waals surface area contributed by atoms with Gasteiger partial charge in [-0.1, -0.05) is 6.42 Å². The second-order valence-electron chi connectivity index (χ2n) is 7.33. The molecule has 124 valence electrons. The average molecular weight is 306 g/mol. The molecule has 2 fully saturated rings. The first kappa shape index (κ1) is 17.1. The molecule has 1 atom stereocenters. The van der Waals surface area contributed by atoms with E-state index in [9.17, 15) is 13.2 Å². The topological polar surface area (TPSA) is 6.48 Å². The molecule has 0 aromatic carbocycles. The SMILES string of the molecule is CN(C)CCCN1CCC2(CCC[C@@H](C(F)(F)F)C2)CC1. The van der Waals surface area contributed by atoms with Crippen LogP contribution in [-0.4, -0.2) is 56.3 Å². The molecule has 5 heteroatoms.